The zero-order chi connectivity index (χ0) is 10.7. The molecule has 1 heterocycles. The van der Waals surface area contributed by atoms with Crippen LogP contribution in [0.25, 0.3) is 10.8 Å². The summed E-state index contributed by atoms with van der Waals surface area (Å²) in [6, 6.07) is 8.04. The molecule has 0 atom stereocenters. The normalized spacial score (nSPS) is 10.8. The maximum absolute atomic E-state index is 6.05. The Morgan fingerprint density at radius 2 is 2.13 bits per heavy atom. The summed E-state index contributed by atoms with van der Waals surface area (Å²) in [7, 11) is 0. The maximum atomic E-state index is 6.05. The van der Waals surface area contributed by atoms with Gasteiger partial charge >= 0.3 is 0 Å². The molecular weight excluding hydrogens is 210 g/mol. The Kier molecular flexibility index (Phi) is 3.19. The fraction of sp³-hybridized carbons (Fsp3) is 0.250. The molecule has 2 nitrogen and oxygen atoms in total. The highest BCUT2D eigenvalue weighted by Gasteiger charge is 2.06. The fourth-order valence-electron chi connectivity index (χ4n) is 1.54. The second-order valence-electron chi connectivity index (χ2n) is 3.25. The first-order valence-electron chi connectivity index (χ1n) is 4.92. The van der Waals surface area contributed by atoms with Crippen LogP contribution in [0.4, 0.5) is 0 Å². The Morgan fingerprint density at radius 3 is 2.93 bits per heavy atom. The summed E-state index contributed by atoms with van der Waals surface area (Å²) in [5.41, 5.74) is 0.969. The minimum absolute atomic E-state index is 0.518. The first-order valence-corrected chi connectivity index (χ1v) is 5.30. The van der Waals surface area contributed by atoms with E-state index in [0.717, 1.165) is 16.3 Å². The number of hydrogen-bond acceptors (Lipinski definition) is 2. The molecule has 3 heteroatoms. The van der Waals surface area contributed by atoms with Crippen molar-refractivity contribution < 1.29 is 4.74 Å². The average Bonchev–Trinajstić information content (AvgIpc) is 2.28. The zero-order valence-electron chi connectivity index (χ0n) is 8.53. The van der Waals surface area contributed by atoms with Crippen molar-refractivity contribution in [3.63, 3.8) is 0 Å². The Hall–Kier alpha value is -1.12. The largest absolute Gasteiger partial charge is 0.377 e. The maximum Gasteiger partial charge on any atom is 0.135 e. The molecule has 0 spiro atoms. The van der Waals surface area contributed by atoms with Gasteiger partial charge in [-0.1, -0.05) is 35.9 Å². The molecule has 0 N–H and O–H groups in total. The van der Waals surface area contributed by atoms with Gasteiger partial charge in [0.15, 0.2) is 0 Å². The van der Waals surface area contributed by atoms with Crippen molar-refractivity contribution in [1.82, 2.24) is 4.98 Å². The summed E-state index contributed by atoms with van der Waals surface area (Å²) in [6.45, 7) is 3.16. The molecule has 0 unspecified atom stereocenters. The van der Waals surface area contributed by atoms with Crippen LogP contribution in [0.5, 0.6) is 0 Å². The van der Waals surface area contributed by atoms with Crippen LogP contribution < -0.4 is 0 Å². The van der Waals surface area contributed by atoms with E-state index in [1.807, 2.05) is 31.2 Å². The summed E-state index contributed by atoms with van der Waals surface area (Å²) < 4.78 is 5.38. The third kappa shape index (κ3) is 2.11. The number of hydrogen-bond donors (Lipinski definition) is 0. The number of fused-ring (bicyclic) bond motifs is 1. The molecular formula is C12H12ClNO. The summed E-state index contributed by atoms with van der Waals surface area (Å²) in [5, 5.41) is 2.74. The van der Waals surface area contributed by atoms with Crippen LogP contribution in [-0.2, 0) is 11.3 Å². The van der Waals surface area contributed by atoms with Crippen molar-refractivity contribution in [2.45, 2.75) is 13.5 Å². The number of nitrogens with zero attached hydrogens (tertiary/aromatic N) is 1. The quantitative estimate of drug-likeness (QED) is 0.741. The van der Waals surface area contributed by atoms with Gasteiger partial charge < -0.3 is 4.74 Å². The predicted octanol–water partition coefficient (Wildman–Crippen LogP) is 3.42. The molecule has 0 aliphatic carbocycles. The van der Waals surface area contributed by atoms with E-state index in [1.54, 1.807) is 6.20 Å². The van der Waals surface area contributed by atoms with E-state index >= 15 is 0 Å². The highest BCUT2D eigenvalue weighted by Crippen LogP contribution is 2.24. The van der Waals surface area contributed by atoms with Crippen LogP contribution in [0.2, 0.25) is 5.15 Å². The van der Waals surface area contributed by atoms with E-state index in [1.165, 1.54) is 0 Å². The molecule has 0 saturated carbocycles. The topological polar surface area (TPSA) is 22.1 Å². The van der Waals surface area contributed by atoms with E-state index in [9.17, 15) is 0 Å². The number of aromatic nitrogens is 1. The van der Waals surface area contributed by atoms with E-state index < -0.39 is 0 Å². The van der Waals surface area contributed by atoms with Crippen molar-refractivity contribution in [2.24, 2.45) is 0 Å². The van der Waals surface area contributed by atoms with E-state index in [-0.39, 0.29) is 0 Å². The van der Waals surface area contributed by atoms with Gasteiger partial charge in [0.1, 0.15) is 5.15 Å². The van der Waals surface area contributed by atoms with Gasteiger partial charge in [0.2, 0.25) is 0 Å². The van der Waals surface area contributed by atoms with Crippen molar-refractivity contribution in [2.75, 3.05) is 6.61 Å². The van der Waals surface area contributed by atoms with E-state index in [4.69, 9.17) is 16.3 Å². The molecule has 2 aromatic rings. The lowest BCUT2D eigenvalue weighted by atomic mass is 10.1. The highest BCUT2D eigenvalue weighted by molar-refractivity contribution is 6.31. The van der Waals surface area contributed by atoms with Crippen LogP contribution >= 0.6 is 11.6 Å². The molecule has 78 valence electrons. The number of rotatable bonds is 3. The van der Waals surface area contributed by atoms with Gasteiger partial charge in [-0.25, -0.2) is 4.98 Å². The smallest absolute Gasteiger partial charge is 0.135 e. The Balaban J connectivity index is 2.53. The first-order chi connectivity index (χ1) is 7.33. The number of benzene rings is 1. The highest BCUT2D eigenvalue weighted by atomic mass is 35.5. The van der Waals surface area contributed by atoms with E-state index in [0.29, 0.717) is 18.4 Å². The monoisotopic (exact) mass is 221 g/mol. The summed E-state index contributed by atoms with van der Waals surface area (Å²) >= 11 is 6.05. The molecule has 0 saturated heterocycles. The lowest BCUT2D eigenvalue weighted by Crippen LogP contribution is -1.96. The SMILES string of the molecule is CCOCc1c(Cl)ncc2ccccc12. The van der Waals surface area contributed by atoms with Gasteiger partial charge in [-0.3, -0.25) is 0 Å². The zero-order valence-corrected chi connectivity index (χ0v) is 9.29. The van der Waals surface area contributed by atoms with Gasteiger partial charge in [-0.15, -0.1) is 0 Å². The molecule has 0 aliphatic heterocycles. The lowest BCUT2D eigenvalue weighted by molar-refractivity contribution is 0.135. The van der Waals surface area contributed by atoms with Crippen LogP contribution in [0.1, 0.15) is 12.5 Å². The first kappa shape index (κ1) is 10.4. The molecule has 2 rings (SSSR count). The Labute approximate surface area is 93.8 Å². The van der Waals surface area contributed by atoms with Crippen molar-refractivity contribution in [3.8, 4) is 0 Å². The molecule has 15 heavy (non-hydrogen) atoms. The standard InChI is InChI=1S/C12H12ClNO/c1-2-15-8-11-10-6-4-3-5-9(10)7-14-12(11)13/h3-7H,2,8H2,1H3. The molecule has 1 aromatic carbocycles. The third-order valence-electron chi connectivity index (χ3n) is 2.30. The minimum Gasteiger partial charge on any atom is -0.377 e. The van der Waals surface area contributed by atoms with Gasteiger partial charge in [0.05, 0.1) is 6.61 Å². The average molecular weight is 222 g/mol. The molecule has 0 aliphatic rings. The third-order valence-corrected chi connectivity index (χ3v) is 2.63. The molecule has 0 bridgehead atoms. The predicted molar refractivity (Wildman–Crippen MR) is 62.1 cm³/mol. The van der Waals surface area contributed by atoms with Crippen LogP contribution in [0, 0.1) is 0 Å². The second kappa shape index (κ2) is 4.60. The molecule has 0 radical (unpaired) electrons. The summed E-state index contributed by atoms with van der Waals surface area (Å²) in [4.78, 5) is 4.15. The second-order valence-corrected chi connectivity index (χ2v) is 3.61. The van der Waals surface area contributed by atoms with Crippen molar-refractivity contribution in [3.05, 3.63) is 41.2 Å². The van der Waals surface area contributed by atoms with Gasteiger partial charge in [-0.05, 0) is 12.3 Å². The fourth-order valence-corrected chi connectivity index (χ4v) is 1.75. The van der Waals surface area contributed by atoms with Crippen molar-refractivity contribution >= 4 is 22.4 Å². The Bertz CT molecular complexity index is 470. The van der Waals surface area contributed by atoms with Gasteiger partial charge in [-0.2, -0.15) is 0 Å². The molecule has 0 amide bonds. The number of pyridine rings is 1. The summed E-state index contributed by atoms with van der Waals surface area (Å²) in [5.74, 6) is 0. The lowest BCUT2D eigenvalue weighted by Gasteiger charge is -2.07. The molecule has 1 aromatic heterocycles. The van der Waals surface area contributed by atoms with Gasteiger partial charge in [0, 0.05) is 23.8 Å². The minimum atomic E-state index is 0.518. The number of ether oxygens (including phenoxy) is 1. The van der Waals surface area contributed by atoms with Crippen molar-refractivity contribution in [1.29, 1.82) is 0 Å². The van der Waals surface area contributed by atoms with Gasteiger partial charge in [0.25, 0.3) is 0 Å². The Morgan fingerprint density at radius 1 is 1.33 bits per heavy atom. The molecule has 0 fully saturated rings. The van der Waals surface area contributed by atoms with Crippen LogP contribution in [0.3, 0.4) is 0 Å². The van der Waals surface area contributed by atoms with Crippen LogP contribution in [-0.4, -0.2) is 11.6 Å². The van der Waals surface area contributed by atoms with Crippen LogP contribution in [0.15, 0.2) is 30.5 Å². The number of halogens is 1. The summed E-state index contributed by atoms with van der Waals surface area (Å²) in [6.07, 6.45) is 1.78. The van der Waals surface area contributed by atoms with E-state index in [2.05, 4.69) is 4.98 Å².